The van der Waals surface area contributed by atoms with Gasteiger partial charge in [0, 0.05) is 12.3 Å². The first kappa shape index (κ1) is 10.3. The lowest BCUT2D eigenvalue weighted by Crippen LogP contribution is -2.46. The van der Waals surface area contributed by atoms with Gasteiger partial charge in [0.05, 0.1) is 5.92 Å². The average Bonchev–Trinajstić information content (AvgIpc) is 2.63. The number of amides is 3. The third-order valence-corrected chi connectivity index (χ3v) is 2.97. The maximum absolute atomic E-state index is 11.6. The van der Waals surface area contributed by atoms with Gasteiger partial charge in [-0.05, 0) is 32.9 Å². The SMILES string of the molecule is CC1=NC(=O)NC(=O)C1CN1CCCC1. The molecule has 2 rings (SSSR count). The number of hydrogen-bond acceptors (Lipinski definition) is 3. The van der Waals surface area contributed by atoms with E-state index in [-0.39, 0.29) is 11.8 Å². The average molecular weight is 209 g/mol. The molecule has 2 aliphatic rings. The van der Waals surface area contributed by atoms with Crippen LogP contribution in [0.4, 0.5) is 4.79 Å². The number of hydrogen-bond donors (Lipinski definition) is 1. The summed E-state index contributed by atoms with van der Waals surface area (Å²) >= 11 is 0. The van der Waals surface area contributed by atoms with Crippen LogP contribution in [-0.4, -0.2) is 42.2 Å². The number of rotatable bonds is 2. The molecule has 1 fully saturated rings. The van der Waals surface area contributed by atoms with E-state index in [0.29, 0.717) is 12.3 Å². The number of nitrogens with zero attached hydrogens (tertiary/aromatic N) is 2. The van der Waals surface area contributed by atoms with Gasteiger partial charge in [0.1, 0.15) is 0 Å². The highest BCUT2D eigenvalue weighted by atomic mass is 16.2. The van der Waals surface area contributed by atoms with Gasteiger partial charge < -0.3 is 4.90 Å². The fourth-order valence-corrected chi connectivity index (χ4v) is 2.09. The number of carbonyl (C=O) groups is 2. The predicted molar refractivity (Wildman–Crippen MR) is 55.8 cm³/mol. The van der Waals surface area contributed by atoms with Crippen LogP contribution in [0.25, 0.3) is 0 Å². The summed E-state index contributed by atoms with van der Waals surface area (Å²) in [5.74, 6) is -0.458. The molecule has 0 bridgehead atoms. The molecule has 82 valence electrons. The smallest absolute Gasteiger partial charge is 0.302 e. The van der Waals surface area contributed by atoms with E-state index in [1.807, 2.05) is 0 Å². The molecule has 1 saturated heterocycles. The van der Waals surface area contributed by atoms with Gasteiger partial charge in [0.25, 0.3) is 0 Å². The molecule has 0 radical (unpaired) electrons. The quantitative estimate of drug-likeness (QED) is 0.716. The summed E-state index contributed by atoms with van der Waals surface area (Å²) in [6.07, 6.45) is 2.40. The molecule has 0 aliphatic carbocycles. The summed E-state index contributed by atoms with van der Waals surface area (Å²) < 4.78 is 0. The third kappa shape index (κ3) is 2.23. The van der Waals surface area contributed by atoms with Crippen molar-refractivity contribution in [3.63, 3.8) is 0 Å². The summed E-state index contributed by atoms with van der Waals surface area (Å²) in [5, 5.41) is 2.24. The molecule has 0 aromatic carbocycles. The second kappa shape index (κ2) is 4.10. The van der Waals surface area contributed by atoms with Gasteiger partial charge in [0.2, 0.25) is 5.91 Å². The Morgan fingerprint density at radius 2 is 2.07 bits per heavy atom. The van der Waals surface area contributed by atoms with Crippen LogP contribution in [0.1, 0.15) is 19.8 Å². The van der Waals surface area contributed by atoms with Crippen LogP contribution >= 0.6 is 0 Å². The largest absolute Gasteiger partial charge is 0.347 e. The maximum atomic E-state index is 11.6. The third-order valence-electron chi connectivity index (χ3n) is 2.97. The molecule has 0 aromatic rings. The normalized spacial score (nSPS) is 27.8. The molecule has 2 aliphatic heterocycles. The van der Waals surface area contributed by atoms with Crippen LogP contribution in [0, 0.1) is 5.92 Å². The first-order valence-electron chi connectivity index (χ1n) is 5.29. The lowest BCUT2D eigenvalue weighted by atomic mass is 10.0. The zero-order valence-corrected chi connectivity index (χ0v) is 8.82. The van der Waals surface area contributed by atoms with E-state index in [0.717, 1.165) is 13.1 Å². The number of likely N-dealkylation sites (tertiary alicyclic amines) is 1. The van der Waals surface area contributed by atoms with Gasteiger partial charge in [-0.25, -0.2) is 9.79 Å². The molecule has 0 aromatic heterocycles. The Morgan fingerprint density at radius 3 is 2.67 bits per heavy atom. The summed E-state index contributed by atoms with van der Waals surface area (Å²) in [7, 11) is 0. The molecular weight excluding hydrogens is 194 g/mol. The molecule has 1 N–H and O–H groups in total. The van der Waals surface area contributed by atoms with Crippen LogP contribution in [0.3, 0.4) is 0 Å². The first-order chi connectivity index (χ1) is 7.16. The Bertz CT molecular complexity index is 319. The first-order valence-corrected chi connectivity index (χ1v) is 5.29. The van der Waals surface area contributed by atoms with Gasteiger partial charge in [-0.3, -0.25) is 10.1 Å². The van der Waals surface area contributed by atoms with Crippen LogP contribution in [0.5, 0.6) is 0 Å². The van der Waals surface area contributed by atoms with E-state index in [4.69, 9.17) is 0 Å². The number of carbonyl (C=O) groups excluding carboxylic acids is 2. The number of urea groups is 1. The highest BCUT2D eigenvalue weighted by Gasteiger charge is 2.30. The maximum Gasteiger partial charge on any atom is 0.347 e. The summed E-state index contributed by atoms with van der Waals surface area (Å²) in [6, 6.07) is -0.532. The zero-order valence-electron chi connectivity index (χ0n) is 8.82. The Labute approximate surface area is 88.5 Å². The zero-order chi connectivity index (χ0) is 10.8. The van der Waals surface area contributed by atoms with Crippen molar-refractivity contribution < 1.29 is 9.59 Å². The van der Waals surface area contributed by atoms with Crippen molar-refractivity contribution in [3.05, 3.63) is 0 Å². The molecule has 3 amide bonds. The molecule has 5 heteroatoms. The van der Waals surface area contributed by atoms with Crippen molar-refractivity contribution in [2.75, 3.05) is 19.6 Å². The van der Waals surface area contributed by atoms with Crippen molar-refractivity contribution in [3.8, 4) is 0 Å². The molecule has 1 unspecified atom stereocenters. The number of imide groups is 1. The standard InChI is InChI=1S/C10H15N3O2/c1-7-8(6-13-4-2-3-5-13)9(14)12-10(15)11-7/h8H,2-6H2,1H3,(H,12,14,15). The minimum atomic E-state index is -0.532. The van der Waals surface area contributed by atoms with E-state index in [1.54, 1.807) is 6.92 Å². The second-order valence-corrected chi connectivity index (χ2v) is 4.11. The molecular formula is C10H15N3O2. The minimum Gasteiger partial charge on any atom is -0.302 e. The predicted octanol–water partition coefficient (Wildman–Crippen LogP) is 0.409. The van der Waals surface area contributed by atoms with Crippen molar-refractivity contribution >= 4 is 17.6 Å². The lowest BCUT2D eigenvalue weighted by Gasteiger charge is -2.24. The fraction of sp³-hybridized carbons (Fsp3) is 0.700. The minimum absolute atomic E-state index is 0.209. The van der Waals surface area contributed by atoms with E-state index >= 15 is 0 Å². The van der Waals surface area contributed by atoms with E-state index in [1.165, 1.54) is 12.8 Å². The monoisotopic (exact) mass is 209 g/mol. The Kier molecular flexibility index (Phi) is 2.81. The molecule has 0 saturated carbocycles. The highest BCUT2D eigenvalue weighted by Crippen LogP contribution is 2.13. The van der Waals surface area contributed by atoms with Gasteiger partial charge in [-0.1, -0.05) is 0 Å². The fourth-order valence-electron chi connectivity index (χ4n) is 2.09. The van der Waals surface area contributed by atoms with Crippen LogP contribution in [-0.2, 0) is 4.79 Å². The van der Waals surface area contributed by atoms with Crippen LogP contribution < -0.4 is 5.32 Å². The second-order valence-electron chi connectivity index (χ2n) is 4.11. The lowest BCUT2D eigenvalue weighted by molar-refractivity contribution is -0.122. The Hall–Kier alpha value is -1.23. The molecule has 5 nitrogen and oxygen atoms in total. The van der Waals surface area contributed by atoms with Crippen LogP contribution in [0.2, 0.25) is 0 Å². The van der Waals surface area contributed by atoms with Crippen LogP contribution in [0.15, 0.2) is 4.99 Å². The van der Waals surface area contributed by atoms with Gasteiger partial charge in [0.15, 0.2) is 0 Å². The number of nitrogens with one attached hydrogen (secondary N) is 1. The van der Waals surface area contributed by atoms with Gasteiger partial charge >= 0.3 is 6.03 Å². The van der Waals surface area contributed by atoms with E-state index in [9.17, 15) is 9.59 Å². The van der Waals surface area contributed by atoms with Gasteiger partial charge in [-0.15, -0.1) is 0 Å². The van der Waals surface area contributed by atoms with Crippen molar-refractivity contribution in [2.24, 2.45) is 10.9 Å². The number of aliphatic imine (C=N–C) groups is 1. The summed E-state index contributed by atoms with van der Waals surface area (Å²) in [5.41, 5.74) is 0.635. The topological polar surface area (TPSA) is 61.8 Å². The van der Waals surface area contributed by atoms with Crippen molar-refractivity contribution in [2.45, 2.75) is 19.8 Å². The Morgan fingerprint density at radius 1 is 1.40 bits per heavy atom. The summed E-state index contributed by atoms with van der Waals surface area (Å²) in [6.45, 7) is 4.53. The highest BCUT2D eigenvalue weighted by molar-refractivity contribution is 6.15. The molecule has 2 heterocycles. The molecule has 1 atom stereocenters. The van der Waals surface area contributed by atoms with E-state index in [2.05, 4.69) is 15.2 Å². The molecule has 15 heavy (non-hydrogen) atoms. The van der Waals surface area contributed by atoms with Gasteiger partial charge in [-0.2, -0.15) is 0 Å². The molecule has 0 spiro atoms. The Balaban J connectivity index is 2.03. The summed E-state index contributed by atoms with van der Waals surface area (Å²) in [4.78, 5) is 28.5. The van der Waals surface area contributed by atoms with Crippen molar-refractivity contribution in [1.82, 2.24) is 10.2 Å². The van der Waals surface area contributed by atoms with E-state index < -0.39 is 6.03 Å². The van der Waals surface area contributed by atoms with Crippen molar-refractivity contribution in [1.29, 1.82) is 0 Å².